The van der Waals surface area contributed by atoms with E-state index in [0.29, 0.717) is 5.52 Å². The van der Waals surface area contributed by atoms with Crippen LogP contribution in [0.3, 0.4) is 0 Å². The summed E-state index contributed by atoms with van der Waals surface area (Å²) in [4.78, 5) is 11.0. The molecule has 0 spiro atoms. The molecule has 3 rings (SSSR count). The quantitative estimate of drug-likeness (QED) is 0.902. The third-order valence-corrected chi connectivity index (χ3v) is 4.12. The van der Waals surface area contributed by atoms with Crippen LogP contribution in [0.4, 0.5) is 4.39 Å². The largest absolute Gasteiger partial charge is 0.481 e. The summed E-state index contributed by atoms with van der Waals surface area (Å²) in [5, 5.41) is 9.92. The van der Waals surface area contributed by atoms with Crippen LogP contribution in [0.2, 0.25) is 0 Å². The standard InChI is InChI=1S/C15H16FNO2/c1-17-12-7-2-4-9(8-13(18)19)14(12)10-5-3-6-11(16)15(10)17/h3,5-6,9H,2,4,7-8H2,1H3,(H,18,19). The van der Waals surface area contributed by atoms with Gasteiger partial charge in [0.1, 0.15) is 5.82 Å². The van der Waals surface area contributed by atoms with Crippen LogP contribution in [0.5, 0.6) is 0 Å². The Morgan fingerprint density at radius 2 is 2.32 bits per heavy atom. The lowest BCUT2D eigenvalue weighted by Crippen LogP contribution is -2.14. The highest BCUT2D eigenvalue weighted by Crippen LogP contribution is 2.40. The fourth-order valence-electron chi connectivity index (χ4n) is 3.38. The van der Waals surface area contributed by atoms with Gasteiger partial charge in [0.05, 0.1) is 11.9 Å². The molecule has 0 radical (unpaired) electrons. The second-order valence-electron chi connectivity index (χ2n) is 5.24. The Balaban J connectivity index is 2.25. The topological polar surface area (TPSA) is 42.2 Å². The predicted octanol–water partition coefficient (Wildman–Crippen LogP) is 3.21. The highest BCUT2D eigenvalue weighted by atomic mass is 19.1. The highest BCUT2D eigenvalue weighted by Gasteiger charge is 2.28. The monoisotopic (exact) mass is 261 g/mol. The number of aryl methyl sites for hydroxylation is 1. The lowest BCUT2D eigenvalue weighted by atomic mass is 9.83. The Morgan fingerprint density at radius 1 is 1.53 bits per heavy atom. The van der Waals surface area contributed by atoms with Crippen LogP contribution in [-0.4, -0.2) is 15.6 Å². The highest BCUT2D eigenvalue weighted by molar-refractivity contribution is 5.87. The zero-order valence-corrected chi connectivity index (χ0v) is 10.8. The van der Waals surface area contributed by atoms with E-state index in [-0.39, 0.29) is 18.2 Å². The van der Waals surface area contributed by atoms with Crippen molar-refractivity contribution in [3.63, 3.8) is 0 Å². The van der Waals surface area contributed by atoms with E-state index in [9.17, 15) is 9.18 Å². The zero-order chi connectivity index (χ0) is 13.6. The number of carbonyl (C=O) groups is 1. The fraction of sp³-hybridized carbons (Fsp3) is 0.400. The Bertz CT molecular complexity index is 660. The maximum absolute atomic E-state index is 14.0. The molecule has 0 aliphatic heterocycles. The van der Waals surface area contributed by atoms with Crippen molar-refractivity contribution in [3.8, 4) is 0 Å². The molecular weight excluding hydrogens is 245 g/mol. The molecule has 2 aromatic rings. The number of fused-ring (bicyclic) bond motifs is 3. The van der Waals surface area contributed by atoms with Gasteiger partial charge in [-0.05, 0) is 36.8 Å². The summed E-state index contributed by atoms with van der Waals surface area (Å²) in [5.41, 5.74) is 2.74. The number of carboxylic acid groups (broad SMARTS) is 1. The number of rotatable bonds is 2. The number of aromatic nitrogens is 1. The van der Waals surface area contributed by atoms with Crippen LogP contribution in [-0.2, 0) is 18.3 Å². The summed E-state index contributed by atoms with van der Waals surface area (Å²) >= 11 is 0. The summed E-state index contributed by atoms with van der Waals surface area (Å²) in [6.45, 7) is 0. The molecule has 0 amide bonds. The third-order valence-electron chi connectivity index (χ3n) is 4.12. The zero-order valence-electron chi connectivity index (χ0n) is 10.8. The minimum atomic E-state index is -0.786. The first-order valence-corrected chi connectivity index (χ1v) is 6.57. The van der Waals surface area contributed by atoms with Gasteiger partial charge in [-0.3, -0.25) is 4.79 Å². The molecule has 4 heteroatoms. The van der Waals surface area contributed by atoms with Gasteiger partial charge in [-0.15, -0.1) is 0 Å². The van der Waals surface area contributed by atoms with Crippen molar-refractivity contribution in [1.29, 1.82) is 0 Å². The summed E-state index contributed by atoms with van der Waals surface area (Å²) in [6.07, 6.45) is 2.87. The van der Waals surface area contributed by atoms with Crippen molar-refractivity contribution in [2.24, 2.45) is 7.05 Å². The maximum atomic E-state index is 14.0. The van der Waals surface area contributed by atoms with Crippen LogP contribution < -0.4 is 0 Å². The molecule has 1 aromatic carbocycles. The molecule has 1 aliphatic carbocycles. The Hall–Kier alpha value is -1.84. The molecule has 1 aliphatic rings. The normalized spacial score (nSPS) is 18.5. The van der Waals surface area contributed by atoms with Gasteiger partial charge in [-0.25, -0.2) is 4.39 Å². The molecule has 1 N–H and O–H groups in total. The van der Waals surface area contributed by atoms with Crippen LogP contribution in [0.15, 0.2) is 18.2 Å². The second kappa shape index (κ2) is 4.37. The van der Waals surface area contributed by atoms with Crippen molar-refractivity contribution in [2.45, 2.75) is 31.6 Å². The van der Waals surface area contributed by atoms with Crippen molar-refractivity contribution < 1.29 is 14.3 Å². The molecule has 1 unspecified atom stereocenters. The molecule has 0 saturated heterocycles. The molecule has 19 heavy (non-hydrogen) atoms. The molecule has 1 aromatic heterocycles. The van der Waals surface area contributed by atoms with Crippen LogP contribution in [0, 0.1) is 5.82 Å². The first-order chi connectivity index (χ1) is 9.09. The van der Waals surface area contributed by atoms with Crippen molar-refractivity contribution in [1.82, 2.24) is 4.57 Å². The van der Waals surface area contributed by atoms with Gasteiger partial charge >= 0.3 is 5.97 Å². The van der Waals surface area contributed by atoms with Gasteiger partial charge in [0.15, 0.2) is 0 Å². The average Bonchev–Trinajstić information content (AvgIpc) is 2.65. The van der Waals surface area contributed by atoms with E-state index < -0.39 is 5.97 Å². The molecule has 1 atom stereocenters. The first kappa shape index (κ1) is 12.2. The van der Waals surface area contributed by atoms with Gasteiger partial charge in [0.25, 0.3) is 0 Å². The Kier molecular flexibility index (Phi) is 2.81. The van der Waals surface area contributed by atoms with E-state index in [2.05, 4.69) is 0 Å². The third kappa shape index (κ3) is 1.82. The van der Waals surface area contributed by atoms with Gasteiger partial charge in [-0.1, -0.05) is 12.1 Å². The molecule has 3 nitrogen and oxygen atoms in total. The van der Waals surface area contributed by atoms with Crippen LogP contribution in [0.1, 0.15) is 36.4 Å². The number of carboxylic acids is 1. The number of halogens is 1. The van der Waals surface area contributed by atoms with Crippen molar-refractivity contribution in [2.75, 3.05) is 0 Å². The van der Waals surface area contributed by atoms with Gasteiger partial charge in [0, 0.05) is 18.1 Å². The summed E-state index contributed by atoms with van der Waals surface area (Å²) in [6, 6.07) is 5.06. The predicted molar refractivity (Wildman–Crippen MR) is 70.8 cm³/mol. The van der Waals surface area contributed by atoms with E-state index in [4.69, 9.17) is 5.11 Å². The Morgan fingerprint density at radius 3 is 3.05 bits per heavy atom. The molecule has 0 bridgehead atoms. The minimum absolute atomic E-state index is 0.00625. The second-order valence-corrected chi connectivity index (χ2v) is 5.24. The molecule has 1 heterocycles. The number of aliphatic carboxylic acids is 1. The average molecular weight is 261 g/mol. The van der Waals surface area contributed by atoms with E-state index in [0.717, 1.165) is 35.9 Å². The van der Waals surface area contributed by atoms with Gasteiger partial charge < -0.3 is 9.67 Å². The lowest BCUT2D eigenvalue weighted by Gasteiger charge is -2.22. The fourth-order valence-corrected chi connectivity index (χ4v) is 3.38. The van der Waals surface area contributed by atoms with Crippen LogP contribution >= 0.6 is 0 Å². The summed E-state index contributed by atoms with van der Waals surface area (Å²) in [5.74, 6) is -1.01. The number of para-hydroxylation sites is 1. The number of hydrogen-bond donors (Lipinski definition) is 1. The smallest absolute Gasteiger partial charge is 0.303 e. The minimum Gasteiger partial charge on any atom is -0.481 e. The molecule has 100 valence electrons. The van der Waals surface area contributed by atoms with Gasteiger partial charge in [-0.2, -0.15) is 0 Å². The van der Waals surface area contributed by atoms with E-state index in [1.165, 1.54) is 6.07 Å². The first-order valence-electron chi connectivity index (χ1n) is 6.57. The summed E-state index contributed by atoms with van der Waals surface area (Å²) in [7, 11) is 1.87. The number of hydrogen-bond acceptors (Lipinski definition) is 1. The Labute approximate surface area is 110 Å². The number of nitrogens with zero attached hydrogens (tertiary/aromatic N) is 1. The van der Waals surface area contributed by atoms with Crippen molar-refractivity contribution in [3.05, 3.63) is 35.3 Å². The van der Waals surface area contributed by atoms with Crippen molar-refractivity contribution >= 4 is 16.9 Å². The van der Waals surface area contributed by atoms with E-state index in [1.54, 1.807) is 6.07 Å². The van der Waals surface area contributed by atoms with E-state index >= 15 is 0 Å². The maximum Gasteiger partial charge on any atom is 0.303 e. The van der Waals surface area contributed by atoms with Gasteiger partial charge in [0.2, 0.25) is 0 Å². The van der Waals surface area contributed by atoms with Crippen LogP contribution in [0.25, 0.3) is 10.9 Å². The molecule has 0 fully saturated rings. The molecular formula is C15H16FNO2. The lowest BCUT2D eigenvalue weighted by molar-refractivity contribution is -0.137. The van der Waals surface area contributed by atoms with E-state index in [1.807, 2.05) is 17.7 Å². The SMILES string of the molecule is Cn1c2c(c3cccc(F)c31)C(CC(=O)O)CCC2. The number of benzene rings is 1. The molecule has 0 saturated carbocycles. The summed E-state index contributed by atoms with van der Waals surface area (Å²) < 4.78 is 15.9.